The van der Waals surface area contributed by atoms with Gasteiger partial charge in [-0.15, -0.1) is 0 Å². The number of para-hydroxylation sites is 1. The minimum atomic E-state index is -0.0466. The lowest BCUT2D eigenvalue weighted by Crippen LogP contribution is -2.19. The Balaban J connectivity index is 0.000000880. The van der Waals surface area contributed by atoms with E-state index < -0.39 is 0 Å². The smallest absolute Gasteiger partial charge is 0.251 e. The second-order valence-corrected chi connectivity index (χ2v) is 5.93. The predicted octanol–water partition coefficient (Wildman–Crippen LogP) is 4.03. The van der Waals surface area contributed by atoms with E-state index in [9.17, 15) is 9.59 Å². The lowest BCUT2D eigenvalue weighted by Gasteiger charge is -2.17. The highest BCUT2D eigenvalue weighted by Crippen LogP contribution is 2.24. The number of benzene rings is 2. The largest absolute Gasteiger partial charge is 0.326 e. The lowest BCUT2D eigenvalue weighted by molar-refractivity contribution is -0.116. The van der Waals surface area contributed by atoms with E-state index >= 15 is 0 Å². The van der Waals surface area contributed by atoms with Gasteiger partial charge in [0.1, 0.15) is 0 Å². The van der Waals surface area contributed by atoms with Gasteiger partial charge >= 0.3 is 0 Å². The average molecular weight is 334 g/mol. The van der Waals surface area contributed by atoms with Crippen LogP contribution >= 0.6 is 0 Å². The molecule has 1 aliphatic heterocycles. The fourth-order valence-corrected chi connectivity index (χ4v) is 3.09. The Morgan fingerprint density at radius 2 is 1.76 bits per heavy atom. The standard InChI is InChI=1S/C19H16N2O2.C2H6/c22-18-8-6-14-9-12(5-7-17(14)20-18)10-15-11-13-3-1-2-4-16(13)21-19(15)23;1-2/h1-5,7,9,11H,6,8,10H2,(H,20,22)(H,21,23);1-2H3. The molecule has 1 aromatic heterocycles. The number of aromatic amines is 1. The van der Waals surface area contributed by atoms with Crippen LogP contribution in [-0.2, 0) is 17.6 Å². The first-order valence-corrected chi connectivity index (χ1v) is 8.72. The van der Waals surface area contributed by atoms with Gasteiger partial charge in [0, 0.05) is 29.6 Å². The van der Waals surface area contributed by atoms with Gasteiger partial charge in [0.15, 0.2) is 0 Å². The Hall–Kier alpha value is -2.88. The maximum atomic E-state index is 12.3. The number of hydrogen-bond donors (Lipinski definition) is 2. The number of carbonyl (C=O) groups excluding carboxylic acids is 1. The Morgan fingerprint density at radius 1 is 0.960 bits per heavy atom. The summed E-state index contributed by atoms with van der Waals surface area (Å²) in [5.41, 5.74) is 4.67. The molecule has 0 spiro atoms. The number of aromatic nitrogens is 1. The summed E-state index contributed by atoms with van der Waals surface area (Å²) in [7, 11) is 0. The van der Waals surface area contributed by atoms with E-state index in [0.29, 0.717) is 12.8 Å². The number of amides is 1. The maximum absolute atomic E-state index is 12.3. The number of pyridine rings is 1. The molecule has 3 aromatic rings. The van der Waals surface area contributed by atoms with E-state index in [1.165, 1.54) is 0 Å². The number of anilines is 1. The van der Waals surface area contributed by atoms with Crippen LogP contribution in [-0.4, -0.2) is 10.9 Å². The number of aryl methyl sites for hydroxylation is 1. The van der Waals surface area contributed by atoms with Crippen LogP contribution in [0.15, 0.2) is 53.3 Å². The fraction of sp³-hybridized carbons (Fsp3) is 0.238. The molecule has 4 heteroatoms. The minimum absolute atomic E-state index is 0.0466. The number of nitrogens with one attached hydrogen (secondary N) is 2. The van der Waals surface area contributed by atoms with Crippen LogP contribution in [0.25, 0.3) is 10.9 Å². The van der Waals surface area contributed by atoms with Gasteiger partial charge in [-0.25, -0.2) is 0 Å². The fourth-order valence-electron chi connectivity index (χ4n) is 3.09. The van der Waals surface area contributed by atoms with Gasteiger partial charge in [-0.05, 0) is 41.1 Å². The molecule has 0 bridgehead atoms. The molecule has 0 fully saturated rings. The van der Waals surface area contributed by atoms with Gasteiger partial charge in [-0.1, -0.05) is 44.2 Å². The molecule has 0 radical (unpaired) electrons. The van der Waals surface area contributed by atoms with Gasteiger partial charge in [-0.2, -0.15) is 0 Å². The molecule has 2 N–H and O–H groups in total. The van der Waals surface area contributed by atoms with Crippen molar-refractivity contribution in [1.29, 1.82) is 0 Å². The summed E-state index contributed by atoms with van der Waals surface area (Å²) in [5.74, 6) is 0.0659. The topological polar surface area (TPSA) is 62.0 Å². The van der Waals surface area contributed by atoms with Crippen LogP contribution in [0.4, 0.5) is 5.69 Å². The van der Waals surface area contributed by atoms with Gasteiger partial charge in [-0.3, -0.25) is 9.59 Å². The highest BCUT2D eigenvalue weighted by molar-refractivity contribution is 5.93. The summed E-state index contributed by atoms with van der Waals surface area (Å²) in [5, 5.41) is 3.91. The molecule has 0 saturated carbocycles. The summed E-state index contributed by atoms with van der Waals surface area (Å²) in [6.07, 6.45) is 1.86. The van der Waals surface area contributed by atoms with Crippen LogP contribution in [0.5, 0.6) is 0 Å². The molecule has 0 aliphatic carbocycles. The van der Waals surface area contributed by atoms with Gasteiger partial charge in [0.05, 0.1) is 0 Å². The zero-order valence-corrected chi connectivity index (χ0v) is 14.6. The van der Waals surface area contributed by atoms with Crippen molar-refractivity contribution >= 4 is 22.5 Å². The molecule has 1 aliphatic rings. The first-order chi connectivity index (χ1) is 12.2. The third-order valence-corrected chi connectivity index (χ3v) is 4.29. The molecule has 4 nitrogen and oxygen atoms in total. The number of fused-ring (bicyclic) bond motifs is 2. The molecule has 128 valence electrons. The normalized spacial score (nSPS) is 12.8. The molecule has 4 rings (SSSR count). The van der Waals surface area contributed by atoms with E-state index in [2.05, 4.69) is 16.4 Å². The summed E-state index contributed by atoms with van der Waals surface area (Å²) >= 11 is 0. The van der Waals surface area contributed by atoms with Gasteiger partial charge in [0.2, 0.25) is 5.91 Å². The van der Waals surface area contributed by atoms with Crippen molar-refractivity contribution in [2.45, 2.75) is 33.1 Å². The average Bonchev–Trinajstić information content (AvgIpc) is 2.64. The van der Waals surface area contributed by atoms with E-state index in [1.807, 2.05) is 56.3 Å². The van der Waals surface area contributed by atoms with Crippen LogP contribution in [0.2, 0.25) is 0 Å². The number of H-pyrrole nitrogens is 1. The summed E-state index contributed by atoms with van der Waals surface area (Å²) in [6, 6.07) is 15.7. The molecule has 2 aromatic carbocycles. The third-order valence-electron chi connectivity index (χ3n) is 4.29. The van der Waals surface area contributed by atoms with Crippen molar-refractivity contribution < 1.29 is 4.79 Å². The van der Waals surface area contributed by atoms with Crippen LogP contribution in [0, 0.1) is 0 Å². The molecule has 25 heavy (non-hydrogen) atoms. The van der Waals surface area contributed by atoms with Gasteiger partial charge in [0.25, 0.3) is 5.56 Å². The van der Waals surface area contributed by atoms with Crippen molar-refractivity contribution in [3.05, 3.63) is 75.6 Å². The molecule has 0 saturated heterocycles. The van der Waals surface area contributed by atoms with Crippen LogP contribution in [0.1, 0.15) is 37.0 Å². The van der Waals surface area contributed by atoms with Crippen molar-refractivity contribution in [3.8, 4) is 0 Å². The second kappa shape index (κ2) is 7.34. The Kier molecular flexibility index (Phi) is 4.98. The minimum Gasteiger partial charge on any atom is -0.326 e. The zero-order valence-electron chi connectivity index (χ0n) is 14.6. The zero-order chi connectivity index (χ0) is 17.8. The monoisotopic (exact) mass is 334 g/mol. The molecule has 1 amide bonds. The number of rotatable bonds is 2. The Morgan fingerprint density at radius 3 is 2.60 bits per heavy atom. The summed E-state index contributed by atoms with van der Waals surface area (Å²) in [4.78, 5) is 26.6. The van der Waals surface area contributed by atoms with E-state index in [1.54, 1.807) is 0 Å². The quantitative estimate of drug-likeness (QED) is 0.743. The van der Waals surface area contributed by atoms with E-state index in [-0.39, 0.29) is 11.5 Å². The SMILES string of the molecule is CC.O=C1CCc2cc(Cc3cc4ccccc4[nH]c3=O)ccc2N1. The summed E-state index contributed by atoms with van der Waals surface area (Å²) in [6.45, 7) is 4.00. The molecular weight excluding hydrogens is 312 g/mol. The highest BCUT2D eigenvalue weighted by atomic mass is 16.1. The molecule has 2 heterocycles. The first kappa shape index (κ1) is 17.0. The Labute approximate surface area is 146 Å². The predicted molar refractivity (Wildman–Crippen MR) is 102 cm³/mol. The molecular formula is C21H22N2O2. The third kappa shape index (κ3) is 3.63. The van der Waals surface area contributed by atoms with Crippen LogP contribution < -0.4 is 10.9 Å². The number of hydrogen-bond acceptors (Lipinski definition) is 2. The highest BCUT2D eigenvalue weighted by Gasteiger charge is 2.15. The van der Waals surface area contributed by atoms with Crippen molar-refractivity contribution in [2.75, 3.05) is 5.32 Å². The second-order valence-electron chi connectivity index (χ2n) is 5.93. The molecule has 0 atom stereocenters. The maximum Gasteiger partial charge on any atom is 0.251 e. The van der Waals surface area contributed by atoms with E-state index in [0.717, 1.165) is 39.7 Å². The first-order valence-electron chi connectivity index (χ1n) is 8.72. The van der Waals surface area contributed by atoms with E-state index in [4.69, 9.17) is 0 Å². The Bertz CT molecular complexity index is 973. The summed E-state index contributed by atoms with van der Waals surface area (Å²) < 4.78 is 0. The van der Waals surface area contributed by atoms with Crippen LogP contribution in [0.3, 0.4) is 0 Å². The van der Waals surface area contributed by atoms with Crippen molar-refractivity contribution in [2.24, 2.45) is 0 Å². The molecule has 0 unspecified atom stereocenters. The lowest BCUT2D eigenvalue weighted by atomic mass is 9.97. The van der Waals surface area contributed by atoms with Crippen molar-refractivity contribution in [1.82, 2.24) is 4.98 Å². The van der Waals surface area contributed by atoms with Crippen molar-refractivity contribution in [3.63, 3.8) is 0 Å². The number of carbonyl (C=O) groups is 1. The van der Waals surface area contributed by atoms with Gasteiger partial charge < -0.3 is 10.3 Å².